The number of carbonyl (C=O) groups is 1. The van der Waals surface area contributed by atoms with E-state index in [1.165, 1.54) is 23.5 Å². The normalized spacial score (nSPS) is 15.8. The Kier molecular flexibility index (Phi) is 8.31. The van der Waals surface area contributed by atoms with E-state index in [4.69, 9.17) is 9.47 Å². The Balaban J connectivity index is 1.79. The maximum absolute atomic E-state index is 13.4. The summed E-state index contributed by atoms with van der Waals surface area (Å²) < 4.78 is 52.0. The maximum atomic E-state index is 13.4. The topological polar surface area (TPSA) is 84.9 Å². The lowest BCUT2D eigenvalue weighted by atomic mass is 9.95. The minimum Gasteiger partial charge on any atom is -0.493 e. The number of sulfonamides is 1. The highest BCUT2D eigenvalue weighted by Gasteiger charge is 2.34. The van der Waals surface area contributed by atoms with Crippen LogP contribution in [0.1, 0.15) is 50.6 Å². The molecule has 0 radical (unpaired) electrons. The molecule has 1 fully saturated rings. The molecule has 33 heavy (non-hydrogen) atoms. The molecule has 1 amide bonds. The van der Waals surface area contributed by atoms with Crippen LogP contribution in [0.5, 0.6) is 11.5 Å². The molecular formula is C24H31FN2O5S. The van der Waals surface area contributed by atoms with Gasteiger partial charge in [0.15, 0.2) is 11.5 Å². The Hall–Kier alpha value is -2.65. The molecule has 1 atom stereocenters. The Morgan fingerprint density at radius 3 is 2.30 bits per heavy atom. The molecule has 1 aliphatic rings. The Bertz CT molecular complexity index is 1050. The third kappa shape index (κ3) is 6.03. The zero-order valence-corrected chi connectivity index (χ0v) is 20.0. The van der Waals surface area contributed by atoms with Crippen molar-refractivity contribution in [1.82, 2.24) is 9.62 Å². The number of hydrogen-bond acceptors (Lipinski definition) is 5. The van der Waals surface area contributed by atoms with Crippen LogP contribution < -0.4 is 14.8 Å². The van der Waals surface area contributed by atoms with Crippen molar-refractivity contribution in [1.29, 1.82) is 0 Å². The molecule has 0 bridgehead atoms. The highest BCUT2D eigenvalue weighted by molar-refractivity contribution is 7.89. The third-order valence-electron chi connectivity index (χ3n) is 5.99. The maximum Gasteiger partial charge on any atom is 0.243 e. The van der Waals surface area contributed by atoms with E-state index in [-0.39, 0.29) is 23.5 Å². The minimum absolute atomic E-state index is 0.0183. The van der Waals surface area contributed by atoms with Crippen molar-refractivity contribution in [3.05, 3.63) is 53.8 Å². The molecule has 0 aromatic heterocycles. The minimum atomic E-state index is -3.96. The van der Waals surface area contributed by atoms with Crippen LogP contribution in [0.3, 0.4) is 0 Å². The summed E-state index contributed by atoms with van der Waals surface area (Å²) >= 11 is 0. The summed E-state index contributed by atoms with van der Waals surface area (Å²) in [5.41, 5.74) is 0.798. The first-order chi connectivity index (χ1) is 15.8. The number of carbonyl (C=O) groups excluding carboxylic acids is 1. The molecule has 1 saturated carbocycles. The van der Waals surface area contributed by atoms with Gasteiger partial charge in [0.2, 0.25) is 15.9 Å². The van der Waals surface area contributed by atoms with Gasteiger partial charge in [0.1, 0.15) is 5.82 Å². The number of hydrogen-bond donors (Lipinski definition) is 1. The van der Waals surface area contributed by atoms with Gasteiger partial charge in [-0.05, 0) is 61.7 Å². The van der Waals surface area contributed by atoms with Crippen molar-refractivity contribution in [2.75, 3.05) is 20.8 Å². The van der Waals surface area contributed by atoms with Gasteiger partial charge in [0.05, 0.1) is 31.7 Å². The summed E-state index contributed by atoms with van der Waals surface area (Å²) in [4.78, 5) is 12.9. The predicted octanol–water partition coefficient (Wildman–Crippen LogP) is 4.04. The average molecular weight is 479 g/mol. The molecule has 0 aliphatic heterocycles. The molecule has 1 aliphatic carbocycles. The molecule has 2 aromatic carbocycles. The molecule has 0 spiro atoms. The lowest BCUT2D eigenvalue weighted by Crippen LogP contribution is -2.47. The van der Waals surface area contributed by atoms with Gasteiger partial charge in [-0.2, -0.15) is 4.31 Å². The van der Waals surface area contributed by atoms with Crippen LogP contribution in [0, 0.1) is 5.82 Å². The number of rotatable bonds is 9. The second-order valence-corrected chi connectivity index (χ2v) is 10.1. The van der Waals surface area contributed by atoms with E-state index in [9.17, 15) is 17.6 Å². The summed E-state index contributed by atoms with van der Waals surface area (Å²) in [6, 6.07) is 9.42. The first-order valence-corrected chi connectivity index (χ1v) is 12.5. The van der Waals surface area contributed by atoms with Gasteiger partial charge in [-0.3, -0.25) is 4.79 Å². The summed E-state index contributed by atoms with van der Waals surface area (Å²) in [5.74, 6) is 0.195. The third-order valence-corrected chi connectivity index (χ3v) is 7.90. The number of methoxy groups -OCH3 is 2. The Labute approximate surface area is 194 Å². The van der Waals surface area contributed by atoms with Crippen molar-refractivity contribution in [2.24, 2.45) is 0 Å². The van der Waals surface area contributed by atoms with Crippen molar-refractivity contribution >= 4 is 15.9 Å². The molecular weight excluding hydrogens is 447 g/mol. The largest absolute Gasteiger partial charge is 0.493 e. The van der Waals surface area contributed by atoms with E-state index in [2.05, 4.69) is 5.32 Å². The second-order valence-electron chi connectivity index (χ2n) is 8.20. The van der Waals surface area contributed by atoms with E-state index < -0.39 is 21.7 Å². The molecule has 1 N–H and O–H groups in total. The average Bonchev–Trinajstić information content (AvgIpc) is 2.82. The lowest BCUT2D eigenvalue weighted by Gasteiger charge is -2.33. The number of benzene rings is 2. The van der Waals surface area contributed by atoms with Gasteiger partial charge in [-0.15, -0.1) is 0 Å². The molecule has 2 aromatic rings. The van der Waals surface area contributed by atoms with Gasteiger partial charge in [-0.25, -0.2) is 12.8 Å². The van der Waals surface area contributed by atoms with E-state index in [0.717, 1.165) is 37.0 Å². The zero-order valence-electron chi connectivity index (χ0n) is 19.2. The van der Waals surface area contributed by atoms with Gasteiger partial charge < -0.3 is 14.8 Å². The lowest BCUT2D eigenvalue weighted by molar-refractivity contribution is -0.122. The van der Waals surface area contributed by atoms with Gasteiger partial charge in [0.25, 0.3) is 0 Å². The van der Waals surface area contributed by atoms with Crippen molar-refractivity contribution < 1.29 is 27.1 Å². The first-order valence-electron chi connectivity index (χ1n) is 11.0. The number of ether oxygens (including phenoxy) is 2. The fourth-order valence-corrected chi connectivity index (χ4v) is 5.80. The summed E-state index contributed by atoms with van der Waals surface area (Å²) in [6.07, 6.45) is 4.24. The fourth-order valence-electron chi connectivity index (χ4n) is 4.16. The van der Waals surface area contributed by atoms with Crippen LogP contribution in [0.4, 0.5) is 4.39 Å². The zero-order chi connectivity index (χ0) is 24.0. The van der Waals surface area contributed by atoms with Crippen LogP contribution in [0.25, 0.3) is 0 Å². The highest BCUT2D eigenvalue weighted by atomic mass is 32.2. The summed E-state index contributed by atoms with van der Waals surface area (Å²) in [5, 5.41) is 2.89. The van der Waals surface area contributed by atoms with Crippen LogP contribution in [-0.4, -0.2) is 45.4 Å². The number of nitrogens with zero attached hydrogens (tertiary/aromatic N) is 1. The molecule has 3 rings (SSSR count). The van der Waals surface area contributed by atoms with Gasteiger partial charge >= 0.3 is 0 Å². The standard InChI is InChI=1S/C24H31FN2O5S/c1-17(18-9-14-22(31-2)23(15-18)32-3)26-24(28)16-27(20-7-5-4-6-8-20)33(29,30)21-12-10-19(25)11-13-21/h9-15,17,20H,4-8,16H2,1-3H3,(H,26,28)/t17-/m0/s1. The number of amides is 1. The molecule has 0 heterocycles. The highest BCUT2D eigenvalue weighted by Crippen LogP contribution is 2.30. The summed E-state index contributed by atoms with van der Waals surface area (Å²) in [6.45, 7) is 1.51. The molecule has 9 heteroatoms. The monoisotopic (exact) mass is 478 g/mol. The Morgan fingerprint density at radius 2 is 1.70 bits per heavy atom. The second kappa shape index (κ2) is 11.0. The van der Waals surface area contributed by atoms with E-state index >= 15 is 0 Å². The SMILES string of the molecule is COc1ccc([C@H](C)NC(=O)CN(C2CCCCC2)S(=O)(=O)c2ccc(F)cc2)cc1OC. The van der Waals surface area contributed by atoms with Crippen LogP contribution >= 0.6 is 0 Å². The molecule has 180 valence electrons. The van der Waals surface area contributed by atoms with E-state index in [0.29, 0.717) is 24.3 Å². The molecule has 7 nitrogen and oxygen atoms in total. The van der Waals surface area contributed by atoms with E-state index in [1.54, 1.807) is 19.2 Å². The van der Waals surface area contributed by atoms with Crippen molar-refractivity contribution in [3.8, 4) is 11.5 Å². The van der Waals surface area contributed by atoms with Gasteiger partial charge in [0, 0.05) is 6.04 Å². The molecule has 0 saturated heterocycles. The molecule has 0 unspecified atom stereocenters. The van der Waals surface area contributed by atoms with Crippen LogP contribution in [-0.2, 0) is 14.8 Å². The van der Waals surface area contributed by atoms with Crippen LogP contribution in [0.2, 0.25) is 0 Å². The van der Waals surface area contributed by atoms with Crippen molar-refractivity contribution in [2.45, 2.75) is 56.0 Å². The van der Waals surface area contributed by atoms with E-state index in [1.807, 2.05) is 13.0 Å². The van der Waals surface area contributed by atoms with Crippen molar-refractivity contribution in [3.63, 3.8) is 0 Å². The fraction of sp³-hybridized carbons (Fsp3) is 0.458. The number of nitrogens with one attached hydrogen (secondary N) is 1. The summed E-state index contributed by atoms with van der Waals surface area (Å²) in [7, 11) is -0.883. The number of halogens is 1. The smallest absolute Gasteiger partial charge is 0.243 e. The first kappa shape index (κ1) is 25.0. The van der Waals surface area contributed by atoms with Crippen LogP contribution in [0.15, 0.2) is 47.4 Å². The predicted molar refractivity (Wildman–Crippen MR) is 123 cm³/mol. The van der Waals surface area contributed by atoms with Gasteiger partial charge in [-0.1, -0.05) is 25.3 Å². The quantitative estimate of drug-likeness (QED) is 0.588. The Morgan fingerprint density at radius 1 is 1.06 bits per heavy atom.